The van der Waals surface area contributed by atoms with E-state index in [0.717, 1.165) is 42.2 Å². The van der Waals surface area contributed by atoms with Crippen molar-refractivity contribution < 1.29 is 4.79 Å². The number of carbonyl (C=O) groups excluding carboxylic acids is 1. The van der Waals surface area contributed by atoms with Crippen LogP contribution in [0.3, 0.4) is 0 Å². The lowest BCUT2D eigenvalue weighted by Gasteiger charge is -2.30. The number of benzene rings is 1. The van der Waals surface area contributed by atoms with Gasteiger partial charge in [-0.1, -0.05) is 42.0 Å². The van der Waals surface area contributed by atoms with Gasteiger partial charge in [-0.05, 0) is 43.6 Å². The Morgan fingerprint density at radius 3 is 2.93 bits per heavy atom. The van der Waals surface area contributed by atoms with E-state index in [1.807, 2.05) is 0 Å². The molecule has 5 nitrogen and oxygen atoms in total. The topological polar surface area (TPSA) is 80.9 Å². The van der Waals surface area contributed by atoms with Crippen LogP contribution in [0.15, 0.2) is 30.3 Å². The van der Waals surface area contributed by atoms with Crippen LogP contribution in [-0.4, -0.2) is 21.9 Å². The number of aromatic nitrogens is 2. The third-order valence-electron chi connectivity index (χ3n) is 6.66. The van der Waals surface area contributed by atoms with Gasteiger partial charge in [0.2, 0.25) is 5.91 Å². The third kappa shape index (κ3) is 2.99. The van der Waals surface area contributed by atoms with E-state index in [1.165, 1.54) is 17.5 Å². The fourth-order valence-electron chi connectivity index (χ4n) is 5.45. The number of amides is 1. The van der Waals surface area contributed by atoms with Crippen molar-refractivity contribution in [2.75, 3.05) is 5.32 Å². The van der Waals surface area contributed by atoms with Crippen molar-refractivity contribution in [2.45, 2.75) is 45.1 Å². The first-order valence-electron chi connectivity index (χ1n) is 10.3. The predicted molar refractivity (Wildman–Crippen MR) is 110 cm³/mol. The molecule has 28 heavy (non-hydrogen) atoms. The van der Waals surface area contributed by atoms with Crippen LogP contribution in [0.1, 0.15) is 47.5 Å². The van der Waals surface area contributed by atoms with Crippen molar-refractivity contribution in [3.8, 4) is 0 Å². The first-order chi connectivity index (χ1) is 13.6. The van der Waals surface area contributed by atoms with Crippen molar-refractivity contribution in [1.82, 2.24) is 9.97 Å². The summed E-state index contributed by atoms with van der Waals surface area (Å²) in [6, 6.07) is 8.57. The molecule has 3 aliphatic carbocycles. The normalized spacial score (nSPS) is 27.2. The van der Waals surface area contributed by atoms with Gasteiger partial charge in [0.05, 0.1) is 11.6 Å². The van der Waals surface area contributed by atoms with Crippen LogP contribution in [-0.2, 0) is 17.6 Å². The monoisotopic (exact) mass is 374 g/mol. The summed E-state index contributed by atoms with van der Waals surface area (Å²) >= 11 is 0. The fourth-order valence-corrected chi connectivity index (χ4v) is 5.45. The minimum atomic E-state index is -0.175. The Balaban J connectivity index is 1.46. The Morgan fingerprint density at radius 2 is 2.11 bits per heavy atom. The first kappa shape index (κ1) is 17.4. The number of rotatable bonds is 5. The lowest BCUT2D eigenvalue weighted by Crippen LogP contribution is -2.42. The molecule has 1 heterocycles. The molecule has 144 valence electrons. The van der Waals surface area contributed by atoms with Crippen molar-refractivity contribution in [3.05, 3.63) is 58.6 Å². The number of aryl methyl sites for hydroxylation is 1. The number of nitrogens with two attached hydrogens (primary N) is 1. The van der Waals surface area contributed by atoms with Gasteiger partial charge in [-0.3, -0.25) is 4.79 Å². The number of fused-ring (bicyclic) bond motifs is 3. The lowest BCUT2D eigenvalue weighted by atomic mass is 9.84. The maximum atomic E-state index is 12.1. The molecule has 0 aliphatic heterocycles. The maximum Gasteiger partial charge on any atom is 0.222 e. The molecule has 0 radical (unpaired) electrons. The first-order valence-corrected chi connectivity index (χ1v) is 10.3. The summed E-state index contributed by atoms with van der Waals surface area (Å²) in [5.74, 6) is 2.37. The predicted octanol–water partition coefficient (Wildman–Crippen LogP) is 3.26. The van der Waals surface area contributed by atoms with Gasteiger partial charge in [0.25, 0.3) is 0 Å². The second kappa shape index (κ2) is 6.73. The molecule has 2 aromatic rings. The molecule has 1 aromatic heterocycles. The van der Waals surface area contributed by atoms with Crippen LogP contribution in [0.25, 0.3) is 6.08 Å². The Labute approximate surface area is 165 Å². The largest absolute Gasteiger partial charge is 0.369 e. The molecule has 2 saturated carbocycles. The number of carbonyl (C=O) groups is 1. The van der Waals surface area contributed by atoms with Gasteiger partial charge in [0.15, 0.2) is 0 Å². The van der Waals surface area contributed by atoms with E-state index in [2.05, 4.69) is 48.7 Å². The summed E-state index contributed by atoms with van der Waals surface area (Å²) in [6.07, 6.45) is 9.17. The molecule has 5 rings (SSSR count). The van der Waals surface area contributed by atoms with E-state index >= 15 is 0 Å². The molecular weight excluding hydrogens is 348 g/mol. The summed E-state index contributed by atoms with van der Waals surface area (Å²) in [5.41, 5.74) is 10.4. The second-order valence-electron chi connectivity index (χ2n) is 8.55. The highest BCUT2D eigenvalue weighted by Crippen LogP contribution is 2.49. The number of allylic oxidation sites excluding steroid dienone is 1. The number of anilines is 1. The molecule has 3 aliphatic rings. The van der Waals surface area contributed by atoms with E-state index in [4.69, 9.17) is 15.7 Å². The SMILES string of the molecule is Cc1cccc(Cc2nc3c(c(NC4C5CCC(C5)C4C(N)=O)n2)C=CC3)c1. The Bertz CT molecular complexity index is 967. The molecule has 2 bridgehead atoms. The zero-order valence-corrected chi connectivity index (χ0v) is 16.2. The van der Waals surface area contributed by atoms with Gasteiger partial charge in [-0.2, -0.15) is 0 Å². The molecule has 1 amide bonds. The number of primary amides is 1. The Morgan fingerprint density at radius 1 is 1.25 bits per heavy atom. The number of nitrogens with zero attached hydrogens (tertiary/aromatic N) is 2. The van der Waals surface area contributed by atoms with Crippen LogP contribution in [0.2, 0.25) is 0 Å². The number of nitrogens with one attached hydrogen (secondary N) is 1. The Kier molecular flexibility index (Phi) is 4.18. The van der Waals surface area contributed by atoms with Crippen molar-refractivity contribution >= 4 is 17.8 Å². The van der Waals surface area contributed by atoms with Crippen molar-refractivity contribution in [2.24, 2.45) is 23.5 Å². The minimum absolute atomic E-state index is 0.0880. The minimum Gasteiger partial charge on any atom is -0.369 e. The average molecular weight is 374 g/mol. The molecule has 3 N–H and O–H groups in total. The highest BCUT2D eigenvalue weighted by atomic mass is 16.1. The third-order valence-corrected chi connectivity index (χ3v) is 6.66. The zero-order valence-electron chi connectivity index (χ0n) is 16.2. The molecule has 0 saturated heterocycles. The quantitative estimate of drug-likeness (QED) is 0.842. The van der Waals surface area contributed by atoms with Crippen LogP contribution in [0.4, 0.5) is 5.82 Å². The van der Waals surface area contributed by atoms with E-state index < -0.39 is 0 Å². The van der Waals surface area contributed by atoms with E-state index in [1.54, 1.807) is 0 Å². The van der Waals surface area contributed by atoms with Gasteiger partial charge < -0.3 is 11.1 Å². The molecular formula is C23H26N4O. The van der Waals surface area contributed by atoms with Gasteiger partial charge >= 0.3 is 0 Å². The summed E-state index contributed by atoms with van der Waals surface area (Å²) in [4.78, 5) is 21.8. The highest BCUT2D eigenvalue weighted by Gasteiger charge is 2.50. The van der Waals surface area contributed by atoms with Gasteiger partial charge in [-0.15, -0.1) is 0 Å². The van der Waals surface area contributed by atoms with Gasteiger partial charge in [-0.25, -0.2) is 9.97 Å². The molecule has 4 atom stereocenters. The van der Waals surface area contributed by atoms with E-state index in [-0.39, 0.29) is 17.9 Å². The van der Waals surface area contributed by atoms with Gasteiger partial charge in [0.1, 0.15) is 11.6 Å². The molecule has 5 heteroatoms. The summed E-state index contributed by atoms with van der Waals surface area (Å²) < 4.78 is 0. The zero-order chi connectivity index (χ0) is 19.3. The van der Waals surface area contributed by atoms with Crippen LogP contribution in [0, 0.1) is 24.7 Å². The van der Waals surface area contributed by atoms with E-state index in [0.29, 0.717) is 18.3 Å². The summed E-state index contributed by atoms with van der Waals surface area (Å²) in [5, 5.41) is 3.64. The lowest BCUT2D eigenvalue weighted by molar-refractivity contribution is -0.123. The van der Waals surface area contributed by atoms with Crippen molar-refractivity contribution in [3.63, 3.8) is 0 Å². The van der Waals surface area contributed by atoms with Crippen molar-refractivity contribution in [1.29, 1.82) is 0 Å². The van der Waals surface area contributed by atoms with Crippen LogP contribution in [0.5, 0.6) is 0 Å². The fraction of sp³-hybridized carbons (Fsp3) is 0.435. The average Bonchev–Trinajstić information content (AvgIpc) is 3.37. The van der Waals surface area contributed by atoms with Crippen LogP contribution >= 0.6 is 0 Å². The smallest absolute Gasteiger partial charge is 0.222 e. The number of hydrogen-bond acceptors (Lipinski definition) is 4. The van der Waals surface area contributed by atoms with Crippen LogP contribution < -0.4 is 11.1 Å². The summed E-state index contributed by atoms with van der Waals surface area (Å²) in [7, 11) is 0. The molecule has 0 spiro atoms. The molecule has 1 aromatic carbocycles. The maximum absolute atomic E-state index is 12.1. The highest BCUT2D eigenvalue weighted by molar-refractivity contribution is 5.79. The molecule has 2 fully saturated rings. The van der Waals surface area contributed by atoms with Gasteiger partial charge in [0, 0.05) is 24.4 Å². The summed E-state index contributed by atoms with van der Waals surface area (Å²) in [6.45, 7) is 2.10. The second-order valence-corrected chi connectivity index (χ2v) is 8.55. The van der Waals surface area contributed by atoms with E-state index in [9.17, 15) is 4.79 Å². The number of hydrogen-bond donors (Lipinski definition) is 2. The molecule has 4 unspecified atom stereocenters. The Hall–Kier alpha value is -2.69. The standard InChI is InChI=1S/C23H26N4O/c1-13-4-2-5-14(10-13)11-19-25-18-7-3-6-17(18)23(26-19)27-21-16-9-8-15(12-16)20(21)22(24)28/h2-6,10,15-16,20-21H,7-9,11-12H2,1H3,(H2,24,28)(H,25,26,27).